The van der Waals surface area contributed by atoms with Gasteiger partial charge in [-0.3, -0.25) is 4.79 Å². The van der Waals surface area contributed by atoms with Crippen molar-refractivity contribution in [3.05, 3.63) is 22.4 Å². The van der Waals surface area contributed by atoms with Crippen LogP contribution in [-0.4, -0.2) is 37.6 Å². The van der Waals surface area contributed by atoms with E-state index in [0.29, 0.717) is 0 Å². The Bertz CT molecular complexity index is 362. The van der Waals surface area contributed by atoms with E-state index in [2.05, 4.69) is 0 Å². The summed E-state index contributed by atoms with van der Waals surface area (Å²) in [7, 11) is 3.51. The number of nitrogens with one attached hydrogen (secondary N) is 1. The number of carbonyl (C=O) groups is 1. The summed E-state index contributed by atoms with van der Waals surface area (Å²) in [6.45, 7) is -0.0636. The van der Waals surface area contributed by atoms with E-state index < -0.39 is 12.1 Å². The first-order chi connectivity index (χ1) is 7.82. The number of hydrogen-bond donors (Lipinski definition) is 1. The van der Waals surface area contributed by atoms with Gasteiger partial charge < -0.3 is 10.2 Å². The third kappa shape index (κ3) is 4.01. The molecule has 1 heterocycles. The van der Waals surface area contributed by atoms with Crippen LogP contribution in [0.15, 0.2) is 17.5 Å². The van der Waals surface area contributed by atoms with Gasteiger partial charge in [-0.2, -0.15) is 13.2 Å². The van der Waals surface area contributed by atoms with Crippen LogP contribution in [0.5, 0.6) is 0 Å². The van der Waals surface area contributed by atoms with Gasteiger partial charge in [0.25, 0.3) is 0 Å². The molecule has 1 N–H and O–H groups in total. The lowest BCUT2D eigenvalue weighted by atomic mass is 10.2. The summed E-state index contributed by atoms with van der Waals surface area (Å²) >= 11 is 1.44. The second-order valence-electron chi connectivity index (χ2n) is 3.70. The first kappa shape index (κ1) is 14.0. The summed E-state index contributed by atoms with van der Waals surface area (Å²) in [5.41, 5.74) is 0. The molecule has 96 valence electrons. The number of thiophene rings is 1. The minimum Gasteiger partial charge on any atom is -0.346 e. The highest BCUT2D eigenvalue weighted by Crippen LogP contribution is 2.23. The lowest BCUT2D eigenvalue weighted by Gasteiger charge is -2.23. The Morgan fingerprint density at radius 1 is 1.53 bits per heavy atom. The Morgan fingerprint density at radius 2 is 2.18 bits per heavy atom. The van der Waals surface area contributed by atoms with Crippen LogP contribution < -0.4 is 5.32 Å². The van der Waals surface area contributed by atoms with E-state index in [1.54, 1.807) is 19.0 Å². The minimum absolute atomic E-state index is 0.0636. The fourth-order valence-electron chi connectivity index (χ4n) is 1.31. The van der Waals surface area contributed by atoms with E-state index >= 15 is 0 Å². The summed E-state index contributed by atoms with van der Waals surface area (Å²) in [6.07, 6.45) is -4.83. The number of alkyl halides is 3. The third-order valence-electron chi connectivity index (χ3n) is 2.21. The predicted octanol–water partition coefficient (Wildman–Crippen LogP) is 2.03. The number of hydrogen-bond acceptors (Lipinski definition) is 3. The Balaban J connectivity index is 2.61. The van der Waals surface area contributed by atoms with Gasteiger partial charge in [-0.05, 0) is 25.5 Å². The van der Waals surface area contributed by atoms with Gasteiger partial charge in [0, 0.05) is 11.4 Å². The average Bonchev–Trinajstić information content (AvgIpc) is 2.69. The molecule has 0 fully saturated rings. The van der Waals surface area contributed by atoms with E-state index in [1.165, 1.54) is 11.3 Å². The second-order valence-corrected chi connectivity index (χ2v) is 4.68. The van der Waals surface area contributed by atoms with Gasteiger partial charge >= 0.3 is 12.1 Å². The van der Waals surface area contributed by atoms with Crippen LogP contribution >= 0.6 is 11.3 Å². The maximum atomic E-state index is 12.0. The third-order valence-corrected chi connectivity index (χ3v) is 3.18. The molecule has 7 heteroatoms. The van der Waals surface area contributed by atoms with E-state index in [9.17, 15) is 18.0 Å². The molecule has 0 saturated carbocycles. The lowest BCUT2D eigenvalue weighted by molar-refractivity contribution is -0.173. The van der Waals surface area contributed by atoms with Gasteiger partial charge in [-0.15, -0.1) is 11.3 Å². The first-order valence-corrected chi connectivity index (χ1v) is 5.75. The standard InChI is InChI=1S/C10H13F3N2OS/c1-15(2)7(8-4-3-5-17-8)6-14-9(16)10(11,12)13/h3-5,7H,6H2,1-2H3,(H,14,16). The number of rotatable bonds is 4. The monoisotopic (exact) mass is 266 g/mol. The molecule has 1 aromatic rings. The smallest absolute Gasteiger partial charge is 0.346 e. The molecule has 0 saturated heterocycles. The molecule has 0 aliphatic carbocycles. The molecule has 0 radical (unpaired) electrons. The number of halogens is 3. The summed E-state index contributed by atoms with van der Waals surface area (Å²) in [5, 5.41) is 3.74. The van der Waals surface area contributed by atoms with Crippen molar-refractivity contribution < 1.29 is 18.0 Å². The minimum atomic E-state index is -4.83. The summed E-state index contributed by atoms with van der Waals surface area (Å²) in [6, 6.07) is 3.40. The molecule has 17 heavy (non-hydrogen) atoms. The average molecular weight is 266 g/mol. The normalized spacial score (nSPS) is 13.8. The molecule has 0 aromatic carbocycles. The van der Waals surface area contributed by atoms with Crippen molar-refractivity contribution in [2.24, 2.45) is 0 Å². The predicted molar refractivity (Wildman–Crippen MR) is 59.8 cm³/mol. The SMILES string of the molecule is CN(C)C(CNC(=O)C(F)(F)F)c1cccs1. The zero-order valence-electron chi connectivity index (χ0n) is 9.41. The van der Waals surface area contributed by atoms with Crippen LogP contribution in [0, 0.1) is 0 Å². The Kier molecular flexibility index (Phi) is 4.53. The fraction of sp³-hybridized carbons (Fsp3) is 0.500. The van der Waals surface area contributed by atoms with Crippen LogP contribution in [0.25, 0.3) is 0 Å². The van der Waals surface area contributed by atoms with Gasteiger partial charge in [0.1, 0.15) is 0 Å². The zero-order valence-corrected chi connectivity index (χ0v) is 10.2. The summed E-state index contributed by atoms with van der Waals surface area (Å²) in [4.78, 5) is 13.4. The molecule has 0 bridgehead atoms. The van der Waals surface area contributed by atoms with Gasteiger partial charge in [0.05, 0.1) is 6.04 Å². The van der Waals surface area contributed by atoms with Gasteiger partial charge in [0.2, 0.25) is 0 Å². The van der Waals surface area contributed by atoms with Gasteiger partial charge in [-0.25, -0.2) is 0 Å². The van der Waals surface area contributed by atoms with Crippen molar-refractivity contribution in [3.8, 4) is 0 Å². The maximum Gasteiger partial charge on any atom is 0.471 e. The highest BCUT2D eigenvalue weighted by molar-refractivity contribution is 7.10. The van der Waals surface area contributed by atoms with Crippen molar-refractivity contribution in [1.82, 2.24) is 10.2 Å². The fourth-order valence-corrected chi connectivity index (χ4v) is 2.23. The van der Waals surface area contributed by atoms with E-state index in [-0.39, 0.29) is 12.6 Å². The summed E-state index contributed by atoms with van der Waals surface area (Å²) < 4.78 is 36.1. The number of likely N-dealkylation sites (N-methyl/N-ethyl adjacent to an activating group) is 1. The highest BCUT2D eigenvalue weighted by atomic mass is 32.1. The zero-order chi connectivity index (χ0) is 13.1. The summed E-state index contributed by atoms with van der Waals surface area (Å²) in [5.74, 6) is -1.90. The molecule has 1 atom stereocenters. The number of carbonyl (C=O) groups excluding carboxylic acids is 1. The van der Waals surface area contributed by atoms with E-state index in [1.807, 2.05) is 22.8 Å². The van der Waals surface area contributed by atoms with Crippen LogP contribution in [-0.2, 0) is 4.79 Å². The lowest BCUT2D eigenvalue weighted by Crippen LogP contribution is -2.41. The largest absolute Gasteiger partial charge is 0.471 e. The molecular formula is C10H13F3N2OS. The van der Waals surface area contributed by atoms with Crippen molar-refractivity contribution in [1.29, 1.82) is 0 Å². The Hall–Kier alpha value is -1.08. The maximum absolute atomic E-state index is 12.0. The van der Waals surface area contributed by atoms with E-state index in [4.69, 9.17) is 0 Å². The van der Waals surface area contributed by atoms with Crippen LogP contribution in [0.4, 0.5) is 13.2 Å². The van der Waals surface area contributed by atoms with Crippen molar-refractivity contribution in [2.45, 2.75) is 12.2 Å². The molecule has 1 rings (SSSR count). The van der Waals surface area contributed by atoms with Crippen molar-refractivity contribution >= 4 is 17.2 Å². The number of amides is 1. The number of nitrogens with zero attached hydrogens (tertiary/aromatic N) is 1. The van der Waals surface area contributed by atoms with Gasteiger partial charge in [-0.1, -0.05) is 6.07 Å². The quantitative estimate of drug-likeness (QED) is 0.904. The van der Waals surface area contributed by atoms with E-state index in [0.717, 1.165) is 4.88 Å². The van der Waals surface area contributed by atoms with Crippen LogP contribution in [0.1, 0.15) is 10.9 Å². The molecule has 0 aliphatic rings. The van der Waals surface area contributed by atoms with Crippen molar-refractivity contribution in [3.63, 3.8) is 0 Å². The molecule has 1 unspecified atom stereocenters. The molecule has 0 spiro atoms. The second kappa shape index (κ2) is 5.50. The highest BCUT2D eigenvalue weighted by Gasteiger charge is 2.38. The van der Waals surface area contributed by atoms with Crippen LogP contribution in [0.2, 0.25) is 0 Å². The Labute approximate surface area is 101 Å². The first-order valence-electron chi connectivity index (χ1n) is 4.87. The molecule has 3 nitrogen and oxygen atoms in total. The molecule has 0 aliphatic heterocycles. The Morgan fingerprint density at radius 3 is 2.59 bits per heavy atom. The topological polar surface area (TPSA) is 32.3 Å². The van der Waals surface area contributed by atoms with Gasteiger partial charge in [0.15, 0.2) is 0 Å². The van der Waals surface area contributed by atoms with Crippen LogP contribution in [0.3, 0.4) is 0 Å². The molecular weight excluding hydrogens is 253 g/mol. The molecule has 1 aromatic heterocycles. The van der Waals surface area contributed by atoms with Crippen molar-refractivity contribution in [2.75, 3.05) is 20.6 Å². The molecule has 1 amide bonds.